The van der Waals surface area contributed by atoms with E-state index >= 15 is 0 Å². The van der Waals surface area contributed by atoms with E-state index in [1.807, 2.05) is 44.0 Å². The van der Waals surface area contributed by atoms with Crippen molar-refractivity contribution < 1.29 is 4.42 Å². The second-order valence-corrected chi connectivity index (χ2v) is 4.87. The first-order chi connectivity index (χ1) is 8.42. The fourth-order valence-electron chi connectivity index (χ4n) is 1.65. The molecule has 0 bridgehead atoms. The fourth-order valence-corrected chi connectivity index (χ4v) is 1.65. The molecule has 2 aromatic rings. The number of nitrogens with one attached hydrogen (secondary N) is 1. The standard InChI is InChI=1S/C13H15N3O2/c1-13(2,8-14)16(3)7-9-4-5-10-11(6-9)18-12(17)15-10/h4-6H,7H2,1-3H3,(H,15,17). The van der Waals surface area contributed by atoms with Gasteiger partial charge in [0.2, 0.25) is 0 Å². The van der Waals surface area contributed by atoms with Gasteiger partial charge in [0, 0.05) is 6.54 Å². The van der Waals surface area contributed by atoms with Crippen LogP contribution in [0.1, 0.15) is 19.4 Å². The minimum Gasteiger partial charge on any atom is -0.408 e. The molecule has 1 N–H and O–H groups in total. The van der Waals surface area contributed by atoms with Crippen molar-refractivity contribution >= 4 is 11.1 Å². The van der Waals surface area contributed by atoms with Crippen LogP contribution >= 0.6 is 0 Å². The fraction of sp³-hybridized carbons (Fsp3) is 0.385. The molecule has 1 aromatic carbocycles. The van der Waals surface area contributed by atoms with Crippen LogP contribution in [0.5, 0.6) is 0 Å². The van der Waals surface area contributed by atoms with Gasteiger partial charge in [-0.15, -0.1) is 0 Å². The SMILES string of the molecule is CN(Cc1ccc2[nH]c(=O)oc2c1)C(C)(C)C#N. The summed E-state index contributed by atoms with van der Waals surface area (Å²) in [6.45, 7) is 4.34. The summed E-state index contributed by atoms with van der Waals surface area (Å²) in [6, 6.07) is 7.79. The highest BCUT2D eigenvalue weighted by Crippen LogP contribution is 2.17. The molecule has 0 spiro atoms. The number of aromatic amines is 1. The van der Waals surface area contributed by atoms with Crippen molar-refractivity contribution in [1.82, 2.24) is 9.88 Å². The van der Waals surface area contributed by atoms with E-state index in [2.05, 4.69) is 11.1 Å². The number of hydrogen-bond acceptors (Lipinski definition) is 4. The van der Waals surface area contributed by atoms with Gasteiger partial charge in [-0.1, -0.05) is 6.07 Å². The quantitative estimate of drug-likeness (QED) is 0.895. The lowest BCUT2D eigenvalue weighted by atomic mass is 10.0. The molecule has 0 amide bonds. The molecule has 0 atom stereocenters. The highest BCUT2D eigenvalue weighted by atomic mass is 16.4. The molecule has 5 nitrogen and oxygen atoms in total. The van der Waals surface area contributed by atoms with Crippen molar-refractivity contribution in [3.8, 4) is 6.07 Å². The summed E-state index contributed by atoms with van der Waals surface area (Å²) in [5, 5.41) is 9.06. The first-order valence-electron chi connectivity index (χ1n) is 5.66. The zero-order valence-electron chi connectivity index (χ0n) is 10.7. The summed E-state index contributed by atoms with van der Waals surface area (Å²) in [4.78, 5) is 15.6. The summed E-state index contributed by atoms with van der Waals surface area (Å²) in [7, 11) is 1.89. The number of hydrogen-bond donors (Lipinski definition) is 1. The lowest BCUT2D eigenvalue weighted by molar-refractivity contribution is 0.203. The molecule has 0 radical (unpaired) electrons. The van der Waals surface area contributed by atoms with E-state index in [0.717, 1.165) is 5.56 Å². The molecule has 0 unspecified atom stereocenters. The van der Waals surface area contributed by atoms with Crippen LogP contribution < -0.4 is 5.76 Å². The van der Waals surface area contributed by atoms with E-state index in [1.54, 1.807) is 0 Å². The van der Waals surface area contributed by atoms with Crippen molar-refractivity contribution in [2.45, 2.75) is 25.9 Å². The molecule has 5 heteroatoms. The third-order valence-electron chi connectivity index (χ3n) is 3.13. The molecule has 0 fully saturated rings. The number of benzene rings is 1. The number of fused-ring (bicyclic) bond motifs is 1. The number of aromatic nitrogens is 1. The summed E-state index contributed by atoms with van der Waals surface area (Å²) in [6.07, 6.45) is 0. The third-order valence-corrected chi connectivity index (χ3v) is 3.13. The topological polar surface area (TPSA) is 73.0 Å². The zero-order chi connectivity index (χ0) is 13.3. The maximum atomic E-state index is 11.1. The molecule has 1 aromatic heterocycles. The highest BCUT2D eigenvalue weighted by Gasteiger charge is 2.22. The highest BCUT2D eigenvalue weighted by molar-refractivity contribution is 5.72. The predicted molar refractivity (Wildman–Crippen MR) is 68.0 cm³/mol. The average Bonchev–Trinajstić information content (AvgIpc) is 2.68. The Bertz CT molecular complexity index is 661. The maximum Gasteiger partial charge on any atom is 0.417 e. The van der Waals surface area contributed by atoms with E-state index in [4.69, 9.17) is 9.68 Å². The van der Waals surface area contributed by atoms with E-state index in [-0.39, 0.29) is 0 Å². The van der Waals surface area contributed by atoms with Gasteiger partial charge in [0.05, 0.1) is 11.6 Å². The largest absolute Gasteiger partial charge is 0.417 e. The van der Waals surface area contributed by atoms with Crippen LogP contribution in [0.15, 0.2) is 27.4 Å². The van der Waals surface area contributed by atoms with Gasteiger partial charge in [0.25, 0.3) is 0 Å². The minimum atomic E-state index is -0.534. The van der Waals surface area contributed by atoms with E-state index in [1.165, 1.54) is 0 Å². The molecule has 2 rings (SSSR count). The van der Waals surface area contributed by atoms with Gasteiger partial charge in [-0.05, 0) is 38.6 Å². The van der Waals surface area contributed by atoms with Crippen LogP contribution in [0.25, 0.3) is 11.1 Å². The van der Waals surface area contributed by atoms with Crippen LogP contribution in [0, 0.1) is 11.3 Å². The first kappa shape index (κ1) is 12.4. The van der Waals surface area contributed by atoms with Crippen LogP contribution in [0.2, 0.25) is 0 Å². The van der Waals surface area contributed by atoms with Gasteiger partial charge in [-0.2, -0.15) is 5.26 Å². The van der Waals surface area contributed by atoms with E-state index < -0.39 is 11.3 Å². The predicted octanol–water partition coefficient (Wildman–Crippen LogP) is 1.86. The van der Waals surface area contributed by atoms with Crippen LogP contribution in [-0.2, 0) is 6.54 Å². The van der Waals surface area contributed by atoms with Gasteiger partial charge in [-0.25, -0.2) is 4.79 Å². The number of nitriles is 1. The number of nitrogens with zero attached hydrogens (tertiary/aromatic N) is 2. The minimum absolute atomic E-state index is 0.451. The molecule has 94 valence electrons. The van der Waals surface area contributed by atoms with Gasteiger partial charge in [0.15, 0.2) is 5.58 Å². The smallest absolute Gasteiger partial charge is 0.408 e. The number of H-pyrrole nitrogens is 1. The van der Waals surface area contributed by atoms with E-state index in [9.17, 15) is 4.79 Å². The Hall–Kier alpha value is -2.06. The van der Waals surface area contributed by atoms with Gasteiger partial charge >= 0.3 is 5.76 Å². The summed E-state index contributed by atoms with van der Waals surface area (Å²) >= 11 is 0. The number of rotatable bonds is 3. The molecule has 0 aliphatic heterocycles. The molecular formula is C13H15N3O2. The van der Waals surface area contributed by atoms with Crippen LogP contribution in [0.4, 0.5) is 0 Å². The lowest BCUT2D eigenvalue weighted by Gasteiger charge is -2.28. The normalized spacial score (nSPS) is 11.9. The second-order valence-electron chi connectivity index (χ2n) is 4.87. The molecular weight excluding hydrogens is 230 g/mol. The molecule has 0 aliphatic rings. The Balaban J connectivity index is 2.27. The Kier molecular flexibility index (Phi) is 2.97. The summed E-state index contributed by atoms with van der Waals surface area (Å²) in [5.41, 5.74) is 1.69. The summed E-state index contributed by atoms with van der Waals surface area (Å²) < 4.78 is 5.01. The van der Waals surface area contributed by atoms with Gasteiger partial charge < -0.3 is 4.42 Å². The summed E-state index contributed by atoms with van der Waals surface area (Å²) in [5.74, 6) is -0.451. The number of oxazole rings is 1. The van der Waals surface area contributed by atoms with Crippen LogP contribution in [-0.4, -0.2) is 22.5 Å². The van der Waals surface area contributed by atoms with Crippen molar-refractivity contribution in [2.24, 2.45) is 0 Å². The van der Waals surface area contributed by atoms with Gasteiger partial charge in [0.1, 0.15) is 5.54 Å². The van der Waals surface area contributed by atoms with E-state index in [0.29, 0.717) is 17.6 Å². The van der Waals surface area contributed by atoms with Crippen molar-refractivity contribution in [1.29, 1.82) is 5.26 Å². The first-order valence-corrected chi connectivity index (χ1v) is 5.66. The Morgan fingerprint density at radius 1 is 1.50 bits per heavy atom. The van der Waals surface area contributed by atoms with Crippen molar-refractivity contribution in [3.05, 3.63) is 34.3 Å². The lowest BCUT2D eigenvalue weighted by Crippen LogP contribution is -2.38. The molecule has 1 heterocycles. The Morgan fingerprint density at radius 3 is 2.89 bits per heavy atom. The van der Waals surface area contributed by atoms with Crippen molar-refractivity contribution in [3.63, 3.8) is 0 Å². The average molecular weight is 245 g/mol. The molecule has 0 aliphatic carbocycles. The maximum absolute atomic E-state index is 11.1. The Labute approximate surface area is 105 Å². The molecule has 18 heavy (non-hydrogen) atoms. The van der Waals surface area contributed by atoms with Crippen LogP contribution in [0.3, 0.4) is 0 Å². The zero-order valence-corrected chi connectivity index (χ0v) is 10.7. The molecule has 0 saturated heterocycles. The molecule has 0 saturated carbocycles. The monoisotopic (exact) mass is 245 g/mol. The van der Waals surface area contributed by atoms with Crippen molar-refractivity contribution in [2.75, 3.05) is 7.05 Å². The van der Waals surface area contributed by atoms with Gasteiger partial charge in [-0.3, -0.25) is 9.88 Å². The Morgan fingerprint density at radius 2 is 2.22 bits per heavy atom. The second kappa shape index (κ2) is 4.31. The third kappa shape index (κ3) is 2.29.